The standard InChI is InChI=1S/C23H20Cl2N2OS/c1-14-6-5-11-27(13-14)21(22(28)18-12-17(24)9-10-19(18)25)23(29)26-20-8-4-7-15(2)16(20)3/h4-13H,1-3H3,(H-,26,28,29)/p+1. The summed E-state index contributed by atoms with van der Waals surface area (Å²) in [4.78, 5) is 0.364. The smallest absolute Gasteiger partial charge is 0.288 e. The van der Waals surface area contributed by atoms with Crippen molar-refractivity contribution < 1.29 is 9.67 Å². The molecule has 0 saturated carbocycles. The normalized spacial score (nSPS) is 11.8. The van der Waals surface area contributed by atoms with Gasteiger partial charge in [-0.05, 0) is 62.2 Å². The van der Waals surface area contributed by atoms with Crippen molar-refractivity contribution in [3.05, 3.63) is 93.2 Å². The van der Waals surface area contributed by atoms with E-state index in [1.54, 1.807) is 22.8 Å². The predicted molar refractivity (Wildman–Crippen MR) is 126 cm³/mol. The Hall–Kier alpha value is -2.40. The number of thiocarbonyl (C=S) groups is 1. The summed E-state index contributed by atoms with van der Waals surface area (Å²) in [6.07, 6.45) is 3.72. The van der Waals surface area contributed by atoms with E-state index in [1.165, 1.54) is 0 Å². The molecule has 0 amide bonds. The largest absolute Gasteiger partial charge is 0.502 e. The van der Waals surface area contributed by atoms with Crippen LogP contribution in [0.3, 0.4) is 0 Å². The highest BCUT2D eigenvalue weighted by Crippen LogP contribution is 2.29. The fourth-order valence-corrected chi connectivity index (χ4v) is 3.64. The number of aliphatic hydroxyl groups is 1. The third-order valence-electron chi connectivity index (χ3n) is 4.68. The first-order chi connectivity index (χ1) is 13.8. The maximum absolute atomic E-state index is 11.2. The molecular formula is C23H21Cl2N2OS+. The van der Waals surface area contributed by atoms with E-state index in [0.717, 1.165) is 22.4 Å². The van der Waals surface area contributed by atoms with Gasteiger partial charge in [-0.1, -0.05) is 47.6 Å². The van der Waals surface area contributed by atoms with Gasteiger partial charge in [0.15, 0.2) is 17.4 Å². The second-order valence-electron chi connectivity index (χ2n) is 6.81. The van der Waals surface area contributed by atoms with Gasteiger partial charge in [0.05, 0.1) is 5.02 Å². The van der Waals surface area contributed by atoms with Gasteiger partial charge >= 0.3 is 0 Å². The van der Waals surface area contributed by atoms with E-state index in [2.05, 4.69) is 5.32 Å². The number of rotatable bonds is 4. The number of aliphatic hydroxyl groups excluding tert-OH is 1. The zero-order chi connectivity index (χ0) is 21.1. The van der Waals surface area contributed by atoms with Crippen molar-refractivity contribution in [3.63, 3.8) is 0 Å². The number of hydrogen-bond acceptors (Lipinski definition) is 2. The molecule has 3 rings (SSSR count). The molecule has 29 heavy (non-hydrogen) atoms. The molecule has 148 valence electrons. The van der Waals surface area contributed by atoms with Crippen molar-refractivity contribution >= 4 is 57.6 Å². The first kappa shape index (κ1) is 21.3. The molecule has 0 spiro atoms. The van der Waals surface area contributed by atoms with E-state index >= 15 is 0 Å². The van der Waals surface area contributed by atoms with Gasteiger partial charge in [-0.3, -0.25) is 0 Å². The zero-order valence-corrected chi connectivity index (χ0v) is 18.7. The lowest BCUT2D eigenvalue weighted by molar-refractivity contribution is -0.576. The van der Waals surface area contributed by atoms with Crippen molar-refractivity contribution in [3.8, 4) is 0 Å². The van der Waals surface area contributed by atoms with Crippen molar-refractivity contribution in [1.29, 1.82) is 0 Å². The van der Waals surface area contributed by atoms with Gasteiger partial charge in [0.1, 0.15) is 0 Å². The Labute approximate surface area is 186 Å². The molecule has 0 unspecified atom stereocenters. The molecule has 0 atom stereocenters. The number of anilines is 1. The number of benzene rings is 2. The molecule has 0 radical (unpaired) electrons. The van der Waals surface area contributed by atoms with Crippen LogP contribution in [-0.4, -0.2) is 10.1 Å². The highest BCUT2D eigenvalue weighted by Gasteiger charge is 2.26. The van der Waals surface area contributed by atoms with Crippen LogP contribution < -0.4 is 9.88 Å². The molecule has 0 aliphatic heterocycles. The lowest BCUT2D eigenvalue weighted by Crippen LogP contribution is -2.38. The molecule has 3 nitrogen and oxygen atoms in total. The Bertz CT molecular complexity index is 1130. The fourth-order valence-electron chi connectivity index (χ4n) is 2.95. The average molecular weight is 444 g/mol. The maximum atomic E-state index is 11.2. The van der Waals surface area contributed by atoms with Crippen molar-refractivity contribution in [1.82, 2.24) is 0 Å². The Balaban J connectivity index is 2.16. The van der Waals surface area contributed by atoms with Gasteiger partial charge in [0.2, 0.25) is 5.76 Å². The number of aromatic nitrogens is 1. The minimum absolute atomic E-state index is 0.0593. The number of nitrogens with zero attached hydrogens (tertiary/aromatic N) is 1. The summed E-state index contributed by atoms with van der Waals surface area (Å²) in [5.41, 5.74) is 4.95. The highest BCUT2D eigenvalue weighted by atomic mass is 35.5. The minimum Gasteiger partial charge on any atom is -0.502 e. The van der Waals surface area contributed by atoms with E-state index in [0.29, 0.717) is 26.3 Å². The third kappa shape index (κ3) is 4.78. The molecule has 0 aliphatic carbocycles. The lowest BCUT2D eigenvalue weighted by Gasteiger charge is -2.14. The summed E-state index contributed by atoms with van der Waals surface area (Å²) in [5, 5.41) is 15.3. The Morgan fingerprint density at radius 1 is 1.03 bits per heavy atom. The predicted octanol–water partition coefficient (Wildman–Crippen LogP) is 6.53. The summed E-state index contributed by atoms with van der Waals surface area (Å²) < 4.78 is 1.78. The molecule has 2 aromatic carbocycles. The molecule has 3 aromatic rings. The van der Waals surface area contributed by atoms with Crippen molar-refractivity contribution in [2.45, 2.75) is 20.8 Å². The van der Waals surface area contributed by atoms with E-state index in [-0.39, 0.29) is 5.76 Å². The van der Waals surface area contributed by atoms with Crippen LogP contribution in [0.4, 0.5) is 5.69 Å². The van der Waals surface area contributed by atoms with Gasteiger partial charge < -0.3 is 10.4 Å². The first-order valence-electron chi connectivity index (χ1n) is 9.02. The van der Waals surface area contributed by atoms with E-state index < -0.39 is 0 Å². The van der Waals surface area contributed by atoms with Crippen LogP contribution in [-0.2, 0) is 0 Å². The van der Waals surface area contributed by atoms with Crippen LogP contribution in [0, 0.1) is 20.8 Å². The average Bonchev–Trinajstić information content (AvgIpc) is 2.67. The van der Waals surface area contributed by atoms with E-state index in [1.807, 2.05) is 63.5 Å². The van der Waals surface area contributed by atoms with Gasteiger partial charge in [-0.15, -0.1) is 0 Å². The van der Waals surface area contributed by atoms with Gasteiger partial charge in [-0.25, -0.2) is 0 Å². The molecule has 0 bridgehead atoms. The van der Waals surface area contributed by atoms with E-state index in [4.69, 9.17) is 35.4 Å². The van der Waals surface area contributed by atoms with Crippen LogP contribution >= 0.6 is 35.4 Å². The van der Waals surface area contributed by atoms with Crippen molar-refractivity contribution in [2.24, 2.45) is 0 Å². The Kier molecular flexibility index (Phi) is 6.58. The fraction of sp³-hybridized carbons (Fsp3) is 0.130. The number of hydrogen-bond donors (Lipinski definition) is 2. The molecule has 6 heteroatoms. The summed E-state index contributed by atoms with van der Waals surface area (Å²) in [5.74, 6) is -0.0593. The number of aryl methyl sites for hydroxylation is 2. The quantitative estimate of drug-likeness (QED) is 0.208. The Morgan fingerprint density at radius 3 is 2.52 bits per heavy atom. The number of nitrogens with one attached hydrogen (secondary N) is 1. The summed E-state index contributed by atoms with van der Waals surface area (Å²) in [7, 11) is 0. The summed E-state index contributed by atoms with van der Waals surface area (Å²) in [6.45, 7) is 6.04. The molecule has 0 aliphatic rings. The second kappa shape index (κ2) is 8.95. The summed E-state index contributed by atoms with van der Waals surface area (Å²) >= 11 is 18.2. The van der Waals surface area contributed by atoms with E-state index in [9.17, 15) is 5.11 Å². The highest BCUT2D eigenvalue weighted by molar-refractivity contribution is 7.81. The van der Waals surface area contributed by atoms with Crippen LogP contribution in [0.25, 0.3) is 11.5 Å². The van der Waals surface area contributed by atoms with Gasteiger partial charge in [0, 0.05) is 27.9 Å². The van der Waals surface area contributed by atoms with Crippen molar-refractivity contribution in [2.75, 3.05) is 5.32 Å². The zero-order valence-electron chi connectivity index (χ0n) is 16.3. The molecular weight excluding hydrogens is 423 g/mol. The number of halogens is 2. The summed E-state index contributed by atoms with van der Waals surface area (Å²) in [6, 6.07) is 14.8. The molecule has 1 heterocycles. The topological polar surface area (TPSA) is 36.1 Å². The minimum atomic E-state index is -0.0593. The van der Waals surface area contributed by atoms with Crippen LogP contribution in [0.15, 0.2) is 60.9 Å². The SMILES string of the molecule is Cc1ccc[n+](/C(C(=S)Nc2cccc(C)c2C)=C(/O)c2cc(Cl)ccc2Cl)c1. The molecule has 0 fully saturated rings. The van der Waals surface area contributed by atoms with Gasteiger partial charge in [0.25, 0.3) is 5.70 Å². The molecule has 0 saturated heterocycles. The van der Waals surface area contributed by atoms with Crippen LogP contribution in [0.1, 0.15) is 22.3 Å². The second-order valence-corrected chi connectivity index (χ2v) is 8.06. The molecule has 2 N–H and O–H groups in total. The third-order valence-corrected chi connectivity index (χ3v) is 5.54. The van der Waals surface area contributed by atoms with Crippen LogP contribution in [0.5, 0.6) is 0 Å². The number of pyridine rings is 1. The Morgan fingerprint density at radius 2 is 1.79 bits per heavy atom. The molecule has 1 aromatic heterocycles. The van der Waals surface area contributed by atoms with Gasteiger partial charge in [-0.2, -0.15) is 4.57 Å². The first-order valence-corrected chi connectivity index (χ1v) is 10.2. The maximum Gasteiger partial charge on any atom is 0.288 e. The monoisotopic (exact) mass is 443 g/mol. The van der Waals surface area contributed by atoms with Crippen LogP contribution in [0.2, 0.25) is 10.0 Å². The lowest BCUT2D eigenvalue weighted by atomic mass is 10.1.